The maximum Gasteiger partial charge on any atom is 0.162 e. The average molecular weight is 393 g/mol. The average Bonchev–Trinajstić information content (AvgIpc) is 2.64. The van der Waals surface area contributed by atoms with E-state index < -0.39 is 0 Å². The van der Waals surface area contributed by atoms with Crippen LogP contribution in [0.2, 0.25) is 0 Å². The highest BCUT2D eigenvalue weighted by Gasteiger charge is 2.07. The molecule has 0 aromatic carbocycles. The summed E-state index contributed by atoms with van der Waals surface area (Å²) in [6, 6.07) is 0. The molecule has 4 nitrogen and oxygen atoms in total. The van der Waals surface area contributed by atoms with Crippen molar-refractivity contribution in [3.8, 4) is 0 Å². The van der Waals surface area contributed by atoms with E-state index in [1.165, 1.54) is 0 Å². The second-order valence-electron chi connectivity index (χ2n) is 7.80. The molecule has 160 valence electrons. The minimum atomic E-state index is -0.112. The van der Waals surface area contributed by atoms with E-state index >= 15 is 0 Å². The zero-order valence-corrected chi connectivity index (χ0v) is 18.1. The number of hydrogen-bond acceptors (Lipinski definition) is 4. The van der Waals surface area contributed by atoms with E-state index in [-0.39, 0.29) is 23.8 Å². The van der Waals surface area contributed by atoms with Gasteiger partial charge in [-0.05, 0) is 51.5 Å². The Morgan fingerprint density at radius 1 is 0.643 bits per heavy atom. The summed E-state index contributed by atoms with van der Waals surface area (Å²) in [4.78, 5) is 45.9. The van der Waals surface area contributed by atoms with E-state index in [0.29, 0.717) is 18.6 Å². The minimum Gasteiger partial charge on any atom is -0.300 e. The highest BCUT2D eigenvalue weighted by molar-refractivity contribution is 6.04. The molecule has 0 atom stereocenters. The third-order valence-corrected chi connectivity index (χ3v) is 4.80. The van der Waals surface area contributed by atoms with Gasteiger partial charge in [-0.3, -0.25) is 14.4 Å². The van der Waals surface area contributed by atoms with Gasteiger partial charge < -0.3 is 4.79 Å². The van der Waals surface area contributed by atoms with Crippen LogP contribution in [0, 0.1) is 0 Å². The lowest BCUT2D eigenvalue weighted by molar-refractivity contribution is -0.125. The van der Waals surface area contributed by atoms with Crippen LogP contribution in [-0.4, -0.2) is 23.1 Å². The summed E-state index contributed by atoms with van der Waals surface area (Å²) in [5.74, 6) is 0.461. The summed E-state index contributed by atoms with van der Waals surface area (Å²) in [5, 5.41) is 0. The lowest BCUT2D eigenvalue weighted by Gasteiger charge is -2.01. The Balaban J connectivity index is 3.53. The van der Waals surface area contributed by atoms with Crippen LogP contribution < -0.4 is 0 Å². The van der Waals surface area contributed by atoms with Gasteiger partial charge in [-0.1, -0.05) is 45.1 Å². The number of carbonyl (C=O) groups is 4. The van der Waals surface area contributed by atoms with Gasteiger partial charge in [-0.25, -0.2) is 0 Å². The van der Waals surface area contributed by atoms with E-state index in [1.54, 1.807) is 13.0 Å². The van der Waals surface area contributed by atoms with Crippen LogP contribution in [0.4, 0.5) is 0 Å². The first-order chi connectivity index (χ1) is 13.5. The molecular weight excluding hydrogens is 352 g/mol. The number of carbonyl (C=O) groups excluding carboxylic acids is 4. The maximum atomic E-state index is 11.8. The van der Waals surface area contributed by atoms with Crippen molar-refractivity contribution >= 4 is 23.1 Å². The molecule has 0 aliphatic rings. The summed E-state index contributed by atoms with van der Waals surface area (Å²) in [6.07, 6.45) is 16.6. The molecule has 0 aliphatic heterocycles. The topological polar surface area (TPSA) is 68.3 Å². The van der Waals surface area contributed by atoms with Gasteiger partial charge in [0.1, 0.15) is 17.3 Å². The summed E-state index contributed by atoms with van der Waals surface area (Å²) >= 11 is 0. The van der Waals surface area contributed by atoms with Crippen LogP contribution in [0.5, 0.6) is 0 Å². The molecule has 0 unspecified atom stereocenters. The molecule has 0 spiro atoms. The van der Waals surface area contributed by atoms with Crippen molar-refractivity contribution < 1.29 is 19.2 Å². The van der Waals surface area contributed by atoms with Gasteiger partial charge in [0.2, 0.25) is 0 Å². The van der Waals surface area contributed by atoms with Crippen molar-refractivity contribution in [3.05, 3.63) is 12.2 Å². The van der Waals surface area contributed by atoms with Crippen molar-refractivity contribution in [2.75, 3.05) is 0 Å². The number of allylic oxidation sites excluding steroid dienone is 2. The van der Waals surface area contributed by atoms with Gasteiger partial charge in [-0.2, -0.15) is 0 Å². The molecule has 0 rings (SSSR count). The normalized spacial score (nSPS) is 11.1. The van der Waals surface area contributed by atoms with Crippen molar-refractivity contribution in [1.82, 2.24) is 0 Å². The summed E-state index contributed by atoms with van der Waals surface area (Å²) in [5.41, 5.74) is 0. The highest BCUT2D eigenvalue weighted by Crippen LogP contribution is 2.10. The maximum absolute atomic E-state index is 11.8. The van der Waals surface area contributed by atoms with E-state index in [1.807, 2.05) is 6.08 Å². The first-order valence-electron chi connectivity index (χ1n) is 11.2. The van der Waals surface area contributed by atoms with E-state index in [4.69, 9.17) is 0 Å². The van der Waals surface area contributed by atoms with Crippen molar-refractivity contribution in [2.45, 2.75) is 117 Å². The molecule has 0 heterocycles. The molecule has 0 N–H and O–H groups in total. The summed E-state index contributed by atoms with van der Waals surface area (Å²) < 4.78 is 0. The number of Topliss-reactive ketones (excluding diaryl/α,β-unsaturated/α-hetero) is 3. The zero-order valence-electron chi connectivity index (χ0n) is 18.1. The smallest absolute Gasteiger partial charge is 0.162 e. The predicted molar refractivity (Wildman–Crippen MR) is 114 cm³/mol. The van der Waals surface area contributed by atoms with Crippen LogP contribution in [0.25, 0.3) is 0 Å². The Hall–Kier alpha value is -1.58. The van der Waals surface area contributed by atoms with Gasteiger partial charge in [0.15, 0.2) is 5.78 Å². The quantitative estimate of drug-likeness (QED) is 0.143. The molecule has 0 radical (unpaired) electrons. The van der Waals surface area contributed by atoms with Gasteiger partial charge in [0.25, 0.3) is 0 Å². The number of unbranched alkanes of at least 4 members (excludes halogenated alkanes) is 8. The van der Waals surface area contributed by atoms with Crippen molar-refractivity contribution in [1.29, 1.82) is 0 Å². The van der Waals surface area contributed by atoms with E-state index in [9.17, 15) is 19.2 Å². The summed E-state index contributed by atoms with van der Waals surface area (Å²) in [7, 11) is 0. The lowest BCUT2D eigenvalue weighted by atomic mass is 10.0. The molecule has 0 amide bonds. The van der Waals surface area contributed by atoms with Crippen LogP contribution in [-0.2, 0) is 19.2 Å². The molecule has 0 aromatic rings. The van der Waals surface area contributed by atoms with E-state index in [0.717, 1.165) is 83.5 Å². The molecule has 4 heteroatoms. The molecule has 0 saturated carbocycles. The van der Waals surface area contributed by atoms with Gasteiger partial charge in [0, 0.05) is 25.7 Å². The SMILES string of the molecule is CCCCC(=O)CCCCCCCC=CC(=O)CC(=O)CCCCCC(C)=O. The second-order valence-corrected chi connectivity index (χ2v) is 7.80. The second kappa shape index (κ2) is 18.8. The zero-order chi connectivity index (χ0) is 21.0. The first kappa shape index (κ1) is 26.4. The summed E-state index contributed by atoms with van der Waals surface area (Å²) in [6.45, 7) is 3.68. The van der Waals surface area contributed by atoms with Gasteiger partial charge in [-0.15, -0.1) is 0 Å². The van der Waals surface area contributed by atoms with Crippen LogP contribution in [0.3, 0.4) is 0 Å². The Morgan fingerprint density at radius 2 is 1.18 bits per heavy atom. The van der Waals surface area contributed by atoms with E-state index in [2.05, 4.69) is 6.92 Å². The minimum absolute atomic E-state index is 0.00469. The van der Waals surface area contributed by atoms with Gasteiger partial charge in [0.05, 0.1) is 6.42 Å². The number of hydrogen-bond donors (Lipinski definition) is 0. The third kappa shape index (κ3) is 19.2. The lowest BCUT2D eigenvalue weighted by Crippen LogP contribution is -2.05. The molecule has 0 aliphatic carbocycles. The number of ketones is 4. The van der Waals surface area contributed by atoms with Crippen LogP contribution in [0.1, 0.15) is 117 Å². The fraction of sp³-hybridized carbons (Fsp3) is 0.750. The Morgan fingerprint density at radius 3 is 1.86 bits per heavy atom. The Bertz CT molecular complexity index is 491. The standard InChI is InChI=1S/C24H40O4/c1-3-4-16-22(26)17-12-8-6-5-7-9-13-18-23(27)20-24(28)19-14-10-11-15-21(2)25/h13,18H,3-12,14-17,19-20H2,1-2H3. The van der Waals surface area contributed by atoms with Gasteiger partial charge >= 0.3 is 0 Å². The Kier molecular flexibility index (Phi) is 17.7. The van der Waals surface area contributed by atoms with Crippen LogP contribution in [0.15, 0.2) is 12.2 Å². The molecule has 28 heavy (non-hydrogen) atoms. The molecule has 0 saturated heterocycles. The highest BCUT2D eigenvalue weighted by atomic mass is 16.1. The number of rotatable bonds is 20. The molecular formula is C24H40O4. The molecule has 0 fully saturated rings. The largest absolute Gasteiger partial charge is 0.300 e. The monoisotopic (exact) mass is 392 g/mol. The fourth-order valence-electron chi connectivity index (χ4n) is 3.04. The van der Waals surface area contributed by atoms with Crippen LogP contribution >= 0.6 is 0 Å². The Labute approximate surface area is 171 Å². The van der Waals surface area contributed by atoms with Crippen molar-refractivity contribution in [2.24, 2.45) is 0 Å². The fourth-order valence-corrected chi connectivity index (χ4v) is 3.04. The molecule has 0 bridgehead atoms. The molecule has 0 aromatic heterocycles. The van der Waals surface area contributed by atoms with Crippen molar-refractivity contribution in [3.63, 3.8) is 0 Å². The predicted octanol–water partition coefficient (Wildman–Crippen LogP) is 6.10. The third-order valence-electron chi connectivity index (χ3n) is 4.80. The first-order valence-corrected chi connectivity index (χ1v) is 11.2.